The van der Waals surface area contributed by atoms with Crippen LogP contribution in [-0.4, -0.2) is 29.7 Å². The van der Waals surface area contributed by atoms with Crippen LogP contribution >= 0.6 is 11.8 Å². The number of hydrogen-bond acceptors (Lipinski definition) is 6. The number of thioether (sulfide) groups is 1. The number of rotatable bonds is 6. The molecule has 0 aliphatic heterocycles. The first kappa shape index (κ1) is 19.7. The van der Waals surface area contributed by atoms with Gasteiger partial charge in [0.1, 0.15) is 0 Å². The molecule has 1 N–H and O–H groups in total. The van der Waals surface area contributed by atoms with Gasteiger partial charge in [-0.1, -0.05) is 23.9 Å². The van der Waals surface area contributed by atoms with Gasteiger partial charge in [-0.25, -0.2) is 9.78 Å². The summed E-state index contributed by atoms with van der Waals surface area (Å²) in [5.41, 5.74) is 4.38. The number of nitrogens with one attached hydrogen (secondary N) is 1. The number of aromatic nitrogens is 1. The summed E-state index contributed by atoms with van der Waals surface area (Å²) >= 11 is 1.22. The molecule has 0 saturated heterocycles. The Morgan fingerprint density at radius 1 is 1.11 bits per heavy atom. The number of anilines is 1. The first-order chi connectivity index (χ1) is 13.5. The molecule has 0 spiro atoms. The maximum absolute atomic E-state index is 12.1. The van der Waals surface area contributed by atoms with Crippen LogP contribution in [0, 0.1) is 13.8 Å². The van der Waals surface area contributed by atoms with Crippen LogP contribution < -0.4 is 5.32 Å². The highest BCUT2D eigenvalue weighted by molar-refractivity contribution is 7.99. The number of nitrogens with zero attached hydrogens (tertiary/aromatic N) is 1. The van der Waals surface area contributed by atoms with Crippen LogP contribution in [0.3, 0.4) is 0 Å². The van der Waals surface area contributed by atoms with E-state index in [1.54, 1.807) is 30.5 Å². The molecule has 0 unspecified atom stereocenters. The van der Waals surface area contributed by atoms with Crippen LogP contribution in [0.1, 0.15) is 21.5 Å². The van der Waals surface area contributed by atoms with Gasteiger partial charge in [0.05, 0.1) is 24.6 Å². The van der Waals surface area contributed by atoms with Crippen molar-refractivity contribution >= 4 is 29.3 Å². The molecule has 3 rings (SSSR count). The lowest BCUT2D eigenvalue weighted by Gasteiger charge is -2.05. The highest BCUT2D eigenvalue weighted by Gasteiger charge is 2.11. The van der Waals surface area contributed by atoms with E-state index in [0.29, 0.717) is 22.2 Å². The van der Waals surface area contributed by atoms with Crippen molar-refractivity contribution in [2.45, 2.75) is 19.1 Å². The van der Waals surface area contributed by atoms with Gasteiger partial charge < -0.3 is 14.5 Å². The Balaban J connectivity index is 1.55. The van der Waals surface area contributed by atoms with Crippen LogP contribution in [0.15, 0.2) is 58.3 Å². The fourth-order valence-corrected chi connectivity index (χ4v) is 3.09. The minimum absolute atomic E-state index is 0.158. The zero-order chi connectivity index (χ0) is 20.1. The second kappa shape index (κ2) is 8.75. The second-order valence-electron chi connectivity index (χ2n) is 6.20. The Labute approximate surface area is 167 Å². The molecule has 0 bridgehead atoms. The van der Waals surface area contributed by atoms with E-state index in [1.165, 1.54) is 30.0 Å². The largest absolute Gasteiger partial charge is 0.465 e. The van der Waals surface area contributed by atoms with E-state index in [-0.39, 0.29) is 11.7 Å². The lowest BCUT2D eigenvalue weighted by molar-refractivity contribution is -0.113. The van der Waals surface area contributed by atoms with Gasteiger partial charge in [-0.05, 0) is 55.3 Å². The van der Waals surface area contributed by atoms with E-state index in [4.69, 9.17) is 4.42 Å². The van der Waals surface area contributed by atoms with Crippen LogP contribution in [0.25, 0.3) is 11.3 Å². The van der Waals surface area contributed by atoms with Gasteiger partial charge in [-0.15, -0.1) is 0 Å². The van der Waals surface area contributed by atoms with Crippen molar-refractivity contribution in [2.24, 2.45) is 0 Å². The quantitative estimate of drug-likeness (QED) is 0.489. The summed E-state index contributed by atoms with van der Waals surface area (Å²) in [5, 5.41) is 3.20. The monoisotopic (exact) mass is 396 g/mol. The first-order valence-electron chi connectivity index (χ1n) is 8.61. The lowest BCUT2D eigenvalue weighted by atomic mass is 10.1. The summed E-state index contributed by atoms with van der Waals surface area (Å²) in [6.07, 6.45) is 1.66. The number of hydrogen-bond donors (Lipinski definition) is 1. The molecular weight excluding hydrogens is 376 g/mol. The molecule has 0 atom stereocenters. The van der Waals surface area contributed by atoms with Crippen molar-refractivity contribution in [3.05, 3.63) is 65.4 Å². The molecule has 1 amide bonds. The van der Waals surface area contributed by atoms with E-state index >= 15 is 0 Å². The molecule has 3 aromatic rings. The van der Waals surface area contributed by atoms with Crippen LogP contribution in [0.2, 0.25) is 0 Å². The number of benzene rings is 2. The number of ether oxygens (including phenoxy) is 1. The fraction of sp³-hybridized carbons (Fsp3) is 0.190. The number of esters is 1. The van der Waals surface area contributed by atoms with E-state index in [0.717, 1.165) is 5.56 Å². The molecule has 144 valence electrons. The van der Waals surface area contributed by atoms with Crippen molar-refractivity contribution in [3.63, 3.8) is 0 Å². The predicted molar refractivity (Wildman–Crippen MR) is 109 cm³/mol. The van der Waals surface area contributed by atoms with Gasteiger partial charge in [0.15, 0.2) is 5.76 Å². The number of carbonyl (C=O) groups is 2. The summed E-state index contributed by atoms with van der Waals surface area (Å²) in [5.74, 6) is 0.217. The Bertz CT molecular complexity index is 996. The Kier molecular flexibility index (Phi) is 6.16. The topological polar surface area (TPSA) is 81.4 Å². The minimum Gasteiger partial charge on any atom is -0.465 e. The number of carbonyl (C=O) groups excluding carboxylic acids is 2. The van der Waals surface area contributed by atoms with Crippen LogP contribution in [0.4, 0.5) is 5.69 Å². The summed E-state index contributed by atoms with van der Waals surface area (Å²) < 4.78 is 10.4. The highest BCUT2D eigenvalue weighted by Crippen LogP contribution is 2.27. The van der Waals surface area contributed by atoms with Gasteiger partial charge >= 0.3 is 5.97 Å². The van der Waals surface area contributed by atoms with Gasteiger partial charge in [-0.2, -0.15) is 0 Å². The van der Waals surface area contributed by atoms with Crippen LogP contribution in [-0.2, 0) is 9.53 Å². The Morgan fingerprint density at radius 3 is 2.54 bits per heavy atom. The second-order valence-corrected chi connectivity index (χ2v) is 7.12. The maximum Gasteiger partial charge on any atom is 0.337 e. The molecule has 1 heterocycles. The molecule has 28 heavy (non-hydrogen) atoms. The highest BCUT2D eigenvalue weighted by atomic mass is 32.2. The number of methoxy groups -OCH3 is 1. The Morgan fingerprint density at radius 2 is 1.86 bits per heavy atom. The first-order valence-corrected chi connectivity index (χ1v) is 9.59. The molecule has 2 aromatic carbocycles. The minimum atomic E-state index is -0.420. The van der Waals surface area contributed by atoms with Crippen molar-refractivity contribution in [1.82, 2.24) is 4.98 Å². The SMILES string of the molecule is COC(=O)c1ccc(NC(=O)CSc2ncc(-c3ccc(C)c(C)c3)o2)cc1. The molecule has 0 saturated carbocycles. The zero-order valence-electron chi connectivity index (χ0n) is 15.8. The van der Waals surface area contributed by atoms with Gasteiger partial charge in [-0.3, -0.25) is 4.79 Å². The van der Waals surface area contributed by atoms with Crippen molar-refractivity contribution in [3.8, 4) is 11.3 Å². The molecule has 1 aromatic heterocycles. The lowest BCUT2D eigenvalue weighted by Crippen LogP contribution is -2.14. The summed E-state index contributed by atoms with van der Waals surface area (Å²) in [6.45, 7) is 4.11. The molecule has 0 fully saturated rings. The zero-order valence-corrected chi connectivity index (χ0v) is 16.6. The third-order valence-electron chi connectivity index (χ3n) is 4.19. The summed E-state index contributed by atoms with van der Waals surface area (Å²) in [6, 6.07) is 12.6. The van der Waals surface area contributed by atoms with Gasteiger partial charge in [0, 0.05) is 11.3 Å². The fourth-order valence-electron chi connectivity index (χ4n) is 2.48. The molecular formula is C21H20N2O4S. The van der Waals surface area contributed by atoms with Crippen molar-refractivity contribution < 1.29 is 18.7 Å². The molecule has 0 aliphatic carbocycles. The average molecular weight is 396 g/mol. The third-order valence-corrected chi connectivity index (χ3v) is 5.03. The van der Waals surface area contributed by atoms with Crippen LogP contribution in [0.5, 0.6) is 0 Å². The van der Waals surface area contributed by atoms with Gasteiger partial charge in [0.25, 0.3) is 5.22 Å². The molecule has 0 radical (unpaired) electrons. The maximum atomic E-state index is 12.1. The molecule has 0 aliphatic rings. The molecule has 6 nitrogen and oxygen atoms in total. The standard InChI is InChI=1S/C21H20N2O4S/c1-13-4-5-16(10-14(13)2)18-11-22-21(27-18)28-12-19(24)23-17-8-6-15(7-9-17)20(25)26-3/h4-11H,12H2,1-3H3,(H,23,24). The average Bonchev–Trinajstić information content (AvgIpc) is 3.17. The normalized spacial score (nSPS) is 10.5. The smallest absolute Gasteiger partial charge is 0.337 e. The van der Waals surface area contributed by atoms with E-state index in [1.807, 2.05) is 19.1 Å². The third kappa shape index (κ3) is 4.80. The van der Waals surface area contributed by atoms with Crippen molar-refractivity contribution in [1.29, 1.82) is 0 Å². The number of oxazole rings is 1. The predicted octanol–water partition coefficient (Wildman–Crippen LogP) is 4.48. The molecule has 7 heteroatoms. The van der Waals surface area contributed by atoms with E-state index < -0.39 is 5.97 Å². The van der Waals surface area contributed by atoms with Gasteiger partial charge in [0.2, 0.25) is 5.91 Å². The Hall–Kier alpha value is -3.06. The number of aryl methyl sites for hydroxylation is 2. The van der Waals surface area contributed by atoms with E-state index in [2.05, 4.69) is 28.0 Å². The summed E-state index contributed by atoms with van der Waals surface area (Å²) in [4.78, 5) is 27.8. The van der Waals surface area contributed by atoms with Crippen molar-refractivity contribution in [2.75, 3.05) is 18.2 Å². The summed E-state index contributed by atoms with van der Waals surface area (Å²) in [7, 11) is 1.32. The van der Waals surface area contributed by atoms with E-state index in [9.17, 15) is 9.59 Å². The number of amides is 1.